The number of aromatic hydroxyl groups is 3. The summed E-state index contributed by atoms with van der Waals surface area (Å²) in [6.07, 6.45) is 0. The van der Waals surface area contributed by atoms with Crippen LogP contribution in [0.15, 0.2) is 71.8 Å². The Morgan fingerprint density at radius 3 is 1.85 bits per heavy atom. The molecule has 0 aliphatic rings. The quantitative estimate of drug-likeness (QED) is 0.421. The van der Waals surface area contributed by atoms with E-state index >= 15 is 0 Å². The van der Waals surface area contributed by atoms with E-state index in [0.717, 1.165) is 18.2 Å². The number of carbonyl (C=O) groups excluding carboxylic acids is 1. The summed E-state index contributed by atoms with van der Waals surface area (Å²) < 4.78 is 13.3. The SMILES string of the molecule is O=C(NN=C(c1ccccc1O)c1ccccc1O)c1cc(F)ccc1O. The number of nitrogens with zero attached hydrogens (tertiary/aromatic N) is 1. The van der Waals surface area contributed by atoms with Gasteiger partial charge in [-0.1, -0.05) is 24.3 Å². The molecule has 3 aromatic carbocycles. The Hall–Kier alpha value is -3.87. The molecule has 0 bridgehead atoms. The van der Waals surface area contributed by atoms with Crippen molar-refractivity contribution < 1.29 is 24.5 Å². The third-order valence-corrected chi connectivity index (χ3v) is 3.79. The lowest BCUT2D eigenvalue weighted by molar-refractivity contribution is 0.0951. The van der Waals surface area contributed by atoms with Gasteiger partial charge in [0.2, 0.25) is 0 Å². The van der Waals surface area contributed by atoms with Crippen LogP contribution in [-0.4, -0.2) is 26.9 Å². The van der Waals surface area contributed by atoms with Crippen LogP contribution in [0.1, 0.15) is 21.5 Å². The molecule has 3 aromatic rings. The van der Waals surface area contributed by atoms with E-state index in [2.05, 4.69) is 10.5 Å². The van der Waals surface area contributed by atoms with Gasteiger partial charge in [0.15, 0.2) is 0 Å². The molecule has 136 valence electrons. The molecule has 4 N–H and O–H groups in total. The maximum absolute atomic E-state index is 13.3. The van der Waals surface area contributed by atoms with E-state index in [1.54, 1.807) is 36.4 Å². The fraction of sp³-hybridized carbons (Fsp3) is 0. The number of halogens is 1. The number of para-hydroxylation sites is 2. The molecule has 7 heteroatoms. The summed E-state index contributed by atoms with van der Waals surface area (Å²) in [4.78, 5) is 12.3. The molecule has 6 nitrogen and oxygen atoms in total. The molecule has 27 heavy (non-hydrogen) atoms. The van der Waals surface area contributed by atoms with Gasteiger partial charge in [0.1, 0.15) is 28.8 Å². The minimum atomic E-state index is -0.852. The number of hydrogen-bond acceptors (Lipinski definition) is 5. The third kappa shape index (κ3) is 3.87. The Morgan fingerprint density at radius 2 is 1.30 bits per heavy atom. The topological polar surface area (TPSA) is 102 Å². The molecule has 0 aliphatic heterocycles. The number of hydrogen-bond donors (Lipinski definition) is 4. The first-order valence-electron chi connectivity index (χ1n) is 7.90. The number of phenols is 3. The predicted molar refractivity (Wildman–Crippen MR) is 97.4 cm³/mol. The van der Waals surface area contributed by atoms with Crippen molar-refractivity contribution in [1.82, 2.24) is 5.43 Å². The van der Waals surface area contributed by atoms with Crippen molar-refractivity contribution in [2.45, 2.75) is 0 Å². The zero-order valence-electron chi connectivity index (χ0n) is 13.9. The predicted octanol–water partition coefficient (Wildman–Crippen LogP) is 3.12. The minimum absolute atomic E-state index is 0.0930. The maximum Gasteiger partial charge on any atom is 0.275 e. The van der Waals surface area contributed by atoms with Gasteiger partial charge in [-0.15, -0.1) is 0 Å². The van der Waals surface area contributed by atoms with E-state index in [-0.39, 0.29) is 33.9 Å². The molecule has 0 radical (unpaired) electrons. The van der Waals surface area contributed by atoms with Crippen LogP contribution in [0.3, 0.4) is 0 Å². The summed E-state index contributed by atoms with van der Waals surface area (Å²) in [7, 11) is 0. The molecule has 0 fully saturated rings. The fourth-order valence-corrected chi connectivity index (χ4v) is 2.47. The van der Waals surface area contributed by atoms with E-state index in [0.29, 0.717) is 0 Å². The van der Waals surface area contributed by atoms with Crippen LogP contribution in [-0.2, 0) is 0 Å². The standard InChI is InChI=1S/C20H15FN2O4/c21-12-9-10-18(26)15(11-12)20(27)23-22-19(13-5-1-3-7-16(13)24)14-6-2-4-8-17(14)25/h1-11,24-26H,(H,23,27). The molecule has 1 amide bonds. The summed E-state index contributed by atoms with van der Waals surface area (Å²) >= 11 is 0. The largest absolute Gasteiger partial charge is 0.507 e. The van der Waals surface area contributed by atoms with Crippen molar-refractivity contribution in [3.8, 4) is 17.2 Å². The van der Waals surface area contributed by atoms with Gasteiger partial charge in [-0.3, -0.25) is 4.79 Å². The summed E-state index contributed by atoms with van der Waals surface area (Å²) in [5.41, 5.74) is 2.55. The van der Waals surface area contributed by atoms with Gasteiger partial charge in [0, 0.05) is 11.1 Å². The molecule has 0 saturated carbocycles. The van der Waals surface area contributed by atoms with Crippen molar-refractivity contribution in [2.24, 2.45) is 5.10 Å². The second-order valence-electron chi connectivity index (χ2n) is 5.60. The number of hydrazone groups is 1. The van der Waals surface area contributed by atoms with Gasteiger partial charge < -0.3 is 15.3 Å². The summed E-state index contributed by atoms with van der Waals surface area (Å²) in [5, 5.41) is 34.0. The Bertz CT molecular complexity index is 986. The zero-order valence-corrected chi connectivity index (χ0v) is 13.9. The van der Waals surface area contributed by atoms with Crippen molar-refractivity contribution in [2.75, 3.05) is 0 Å². The van der Waals surface area contributed by atoms with Crippen molar-refractivity contribution >= 4 is 11.6 Å². The van der Waals surface area contributed by atoms with Gasteiger partial charge in [-0.05, 0) is 42.5 Å². The fourth-order valence-electron chi connectivity index (χ4n) is 2.47. The molecular weight excluding hydrogens is 351 g/mol. The van der Waals surface area contributed by atoms with Crippen LogP contribution in [0.25, 0.3) is 0 Å². The maximum atomic E-state index is 13.3. The second kappa shape index (κ2) is 7.57. The van der Waals surface area contributed by atoms with Gasteiger partial charge in [-0.25, -0.2) is 9.82 Å². The Balaban J connectivity index is 2.03. The second-order valence-corrected chi connectivity index (χ2v) is 5.60. The first kappa shape index (κ1) is 17.9. The lowest BCUT2D eigenvalue weighted by atomic mass is 10.0. The number of nitrogens with one attached hydrogen (secondary N) is 1. The van der Waals surface area contributed by atoms with E-state index in [4.69, 9.17) is 0 Å². The normalized spacial score (nSPS) is 10.3. The van der Waals surface area contributed by atoms with Crippen molar-refractivity contribution in [3.63, 3.8) is 0 Å². The van der Waals surface area contributed by atoms with Gasteiger partial charge in [-0.2, -0.15) is 5.10 Å². The molecule has 0 unspecified atom stereocenters. The van der Waals surface area contributed by atoms with Gasteiger partial charge in [0.25, 0.3) is 5.91 Å². The van der Waals surface area contributed by atoms with E-state index in [1.165, 1.54) is 12.1 Å². The first-order valence-corrected chi connectivity index (χ1v) is 7.90. The molecule has 0 heterocycles. The summed E-state index contributed by atoms with van der Waals surface area (Å²) in [6, 6.07) is 15.5. The molecule has 3 rings (SSSR count). The Morgan fingerprint density at radius 1 is 0.778 bits per heavy atom. The number of amides is 1. The highest BCUT2D eigenvalue weighted by Crippen LogP contribution is 2.25. The average molecular weight is 366 g/mol. The Labute approximate surface area is 153 Å². The molecular formula is C20H15FN2O4. The van der Waals surface area contributed by atoms with Crippen molar-refractivity contribution in [3.05, 3.63) is 89.2 Å². The smallest absolute Gasteiger partial charge is 0.275 e. The van der Waals surface area contributed by atoms with E-state index in [9.17, 15) is 24.5 Å². The van der Waals surface area contributed by atoms with Crippen LogP contribution >= 0.6 is 0 Å². The first-order chi connectivity index (χ1) is 13.0. The molecule has 0 saturated heterocycles. The highest BCUT2D eigenvalue weighted by molar-refractivity contribution is 6.16. The molecule has 0 atom stereocenters. The monoisotopic (exact) mass is 366 g/mol. The van der Waals surface area contributed by atoms with Crippen molar-refractivity contribution in [1.29, 1.82) is 0 Å². The lowest BCUT2D eigenvalue weighted by Crippen LogP contribution is -2.21. The van der Waals surface area contributed by atoms with E-state index in [1.807, 2.05) is 0 Å². The Kier molecular flexibility index (Phi) is 5.03. The average Bonchev–Trinajstić information content (AvgIpc) is 2.66. The highest BCUT2D eigenvalue weighted by Gasteiger charge is 2.17. The molecule has 0 aromatic heterocycles. The van der Waals surface area contributed by atoms with Crippen LogP contribution in [0.2, 0.25) is 0 Å². The highest BCUT2D eigenvalue weighted by atomic mass is 19.1. The van der Waals surface area contributed by atoms with Crippen LogP contribution in [0, 0.1) is 5.82 Å². The number of rotatable bonds is 4. The summed E-state index contributed by atoms with van der Waals surface area (Å²) in [6.45, 7) is 0. The zero-order chi connectivity index (χ0) is 19.4. The third-order valence-electron chi connectivity index (χ3n) is 3.79. The number of phenolic OH excluding ortho intramolecular Hbond substituents is 3. The van der Waals surface area contributed by atoms with Crippen LogP contribution in [0.5, 0.6) is 17.2 Å². The van der Waals surface area contributed by atoms with Crippen LogP contribution < -0.4 is 5.43 Å². The van der Waals surface area contributed by atoms with E-state index < -0.39 is 17.5 Å². The minimum Gasteiger partial charge on any atom is -0.507 e. The van der Waals surface area contributed by atoms with Crippen LogP contribution in [0.4, 0.5) is 4.39 Å². The summed E-state index contributed by atoms with van der Waals surface area (Å²) in [5.74, 6) is -2.17. The van der Waals surface area contributed by atoms with Gasteiger partial charge in [0.05, 0.1) is 5.56 Å². The molecule has 0 spiro atoms. The number of benzene rings is 3. The molecule has 0 aliphatic carbocycles. The lowest BCUT2D eigenvalue weighted by Gasteiger charge is -2.11. The van der Waals surface area contributed by atoms with Gasteiger partial charge >= 0.3 is 0 Å². The number of carbonyl (C=O) groups is 1.